The Morgan fingerprint density at radius 1 is 1.23 bits per heavy atom. The van der Waals surface area contributed by atoms with Crippen molar-refractivity contribution in [3.63, 3.8) is 0 Å². The first-order chi connectivity index (χ1) is 10.7. The van der Waals surface area contributed by atoms with Crippen LogP contribution >= 0.6 is 11.3 Å². The van der Waals surface area contributed by atoms with Gasteiger partial charge >= 0.3 is 0 Å². The second kappa shape index (κ2) is 6.19. The van der Waals surface area contributed by atoms with E-state index < -0.39 is 0 Å². The van der Waals surface area contributed by atoms with E-state index in [9.17, 15) is 0 Å². The number of hydrogen-bond acceptors (Lipinski definition) is 5. The Balaban J connectivity index is 1.70. The molecule has 0 atom stereocenters. The van der Waals surface area contributed by atoms with Gasteiger partial charge in [0.25, 0.3) is 0 Å². The summed E-state index contributed by atoms with van der Waals surface area (Å²) in [4.78, 5) is 5.69. The van der Waals surface area contributed by atoms with Gasteiger partial charge in [0.1, 0.15) is 11.4 Å². The minimum atomic E-state index is 0.735. The van der Waals surface area contributed by atoms with Crippen LogP contribution in [0.4, 0.5) is 5.13 Å². The maximum atomic E-state index is 5.16. The molecule has 0 saturated heterocycles. The molecule has 1 N–H and O–H groups in total. The van der Waals surface area contributed by atoms with Gasteiger partial charge in [0, 0.05) is 19.8 Å². The molecule has 6 heteroatoms. The maximum absolute atomic E-state index is 5.16. The molecule has 5 nitrogen and oxygen atoms in total. The fourth-order valence-corrected chi connectivity index (χ4v) is 3.09. The lowest BCUT2D eigenvalue weighted by Crippen LogP contribution is -1.98. The lowest BCUT2D eigenvalue weighted by molar-refractivity contribution is 0.414. The van der Waals surface area contributed by atoms with Crippen LogP contribution in [0.2, 0.25) is 0 Å². The molecule has 0 radical (unpaired) electrons. The van der Waals surface area contributed by atoms with Crippen molar-refractivity contribution in [1.29, 1.82) is 0 Å². The topological polar surface area (TPSA) is 52.0 Å². The molecule has 0 aliphatic rings. The lowest BCUT2D eigenvalue weighted by atomic mass is 10.2. The van der Waals surface area contributed by atoms with Gasteiger partial charge in [0.2, 0.25) is 0 Å². The molecule has 2 aromatic heterocycles. The fourth-order valence-electron chi connectivity index (χ4n) is 2.17. The highest BCUT2D eigenvalue weighted by molar-refractivity contribution is 7.19. The monoisotopic (exact) mass is 314 g/mol. The molecule has 0 bridgehead atoms. The number of aromatic nitrogens is 3. The minimum absolute atomic E-state index is 0.735. The summed E-state index contributed by atoms with van der Waals surface area (Å²) in [6.45, 7) is 2.75. The molecule has 3 aromatic rings. The van der Waals surface area contributed by atoms with Gasteiger partial charge in [-0.25, -0.2) is 4.98 Å². The summed E-state index contributed by atoms with van der Waals surface area (Å²) >= 11 is 1.63. The molecule has 0 saturated carbocycles. The van der Waals surface area contributed by atoms with Crippen LogP contribution in [0, 0.1) is 6.92 Å². The molecule has 0 fully saturated rings. The fraction of sp³-hybridized carbons (Fsp3) is 0.250. The van der Waals surface area contributed by atoms with E-state index in [4.69, 9.17) is 4.74 Å². The van der Waals surface area contributed by atoms with Gasteiger partial charge in [0.05, 0.1) is 17.7 Å². The second-order valence-corrected chi connectivity index (χ2v) is 6.01. The molecular weight excluding hydrogens is 296 g/mol. The molecule has 0 aliphatic carbocycles. The van der Waals surface area contributed by atoms with Gasteiger partial charge in [-0.15, -0.1) is 0 Å². The first kappa shape index (κ1) is 14.6. The Bertz CT molecular complexity index is 761. The highest BCUT2D eigenvalue weighted by Crippen LogP contribution is 2.31. The first-order valence-electron chi connectivity index (χ1n) is 7.00. The summed E-state index contributed by atoms with van der Waals surface area (Å²) in [7, 11) is 3.59. The van der Waals surface area contributed by atoms with Gasteiger partial charge in [-0.1, -0.05) is 23.5 Å². The normalized spacial score (nSPS) is 10.7. The van der Waals surface area contributed by atoms with Crippen LogP contribution < -0.4 is 10.1 Å². The lowest BCUT2D eigenvalue weighted by Gasteiger charge is -2.04. The zero-order valence-corrected chi connectivity index (χ0v) is 13.6. The van der Waals surface area contributed by atoms with Crippen molar-refractivity contribution in [3.8, 4) is 16.3 Å². The number of benzene rings is 1. The summed E-state index contributed by atoms with van der Waals surface area (Å²) in [5.74, 6) is 0.867. The Morgan fingerprint density at radius 3 is 2.64 bits per heavy atom. The zero-order valence-electron chi connectivity index (χ0n) is 12.8. The Morgan fingerprint density at radius 2 is 2.00 bits per heavy atom. The summed E-state index contributed by atoms with van der Waals surface area (Å²) < 4.78 is 6.97. The summed E-state index contributed by atoms with van der Waals surface area (Å²) in [6, 6.07) is 10.0. The van der Waals surface area contributed by atoms with Gasteiger partial charge < -0.3 is 10.1 Å². The van der Waals surface area contributed by atoms with E-state index in [0.29, 0.717) is 0 Å². The number of ether oxygens (including phenoxy) is 1. The number of rotatable bonds is 5. The number of hydrogen-bond donors (Lipinski definition) is 1. The van der Waals surface area contributed by atoms with Crippen molar-refractivity contribution in [1.82, 2.24) is 14.8 Å². The van der Waals surface area contributed by atoms with E-state index in [2.05, 4.69) is 15.4 Å². The maximum Gasteiger partial charge on any atom is 0.183 e. The molecule has 114 valence electrons. The van der Waals surface area contributed by atoms with Crippen molar-refractivity contribution < 1.29 is 4.74 Å². The molecule has 0 unspecified atom stereocenters. The molecule has 2 heterocycles. The summed E-state index contributed by atoms with van der Waals surface area (Å²) in [5, 5.41) is 8.72. The number of nitrogens with one attached hydrogen (secondary N) is 1. The van der Waals surface area contributed by atoms with E-state index in [0.717, 1.165) is 33.7 Å². The van der Waals surface area contributed by atoms with E-state index >= 15 is 0 Å². The van der Waals surface area contributed by atoms with Crippen molar-refractivity contribution in [2.24, 2.45) is 7.05 Å². The third-order valence-corrected chi connectivity index (χ3v) is 4.48. The van der Waals surface area contributed by atoms with Crippen molar-refractivity contribution in [2.45, 2.75) is 13.5 Å². The van der Waals surface area contributed by atoms with E-state index in [1.807, 2.05) is 50.5 Å². The number of methoxy groups -OCH3 is 1. The second-order valence-electron chi connectivity index (χ2n) is 5.01. The van der Waals surface area contributed by atoms with Crippen LogP contribution in [0.3, 0.4) is 0 Å². The minimum Gasteiger partial charge on any atom is -0.497 e. The van der Waals surface area contributed by atoms with E-state index in [-0.39, 0.29) is 0 Å². The smallest absolute Gasteiger partial charge is 0.183 e. The predicted octanol–water partition coefficient (Wildman–Crippen LogP) is 3.47. The number of thiazole rings is 1. The van der Waals surface area contributed by atoms with Crippen LogP contribution in [0.5, 0.6) is 5.75 Å². The molecule has 1 aromatic carbocycles. The number of aryl methyl sites for hydroxylation is 2. The first-order valence-corrected chi connectivity index (χ1v) is 7.81. The van der Waals surface area contributed by atoms with E-state index in [1.165, 1.54) is 5.56 Å². The highest BCUT2D eigenvalue weighted by atomic mass is 32.1. The van der Waals surface area contributed by atoms with Crippen molar-refractivity contribution in [2.75, 3.05) is 12.4 Å². The molecule has 3 rings (SSSR count). The molecule has 22 heavy (non-hydrogen) atoms. The predicted molar refractivity (Wildman–Crippen MR) is 89.4 cm³/mol. The Labute approximate surface area is 133 Å². The van der Waals surface area contributed by atoms with Gasteiger partial charge in [-0.05, 0) is 30.7 Å². The third-order valence-electron chi connectivity index (χ3n) is 3.35. The SMILES string of the molecule is COc1ccc(CNc2nc(C)c(-c3ccn(C)n3)s2)cc1. The highest BCUT2D eigenvalue weighted by Gasteiger charge is 2.11. The van der Waals surface area contributed by atoms with Crippen LogP contribution in [0.1, 0.15) is 11.3 Å². The quantitative estimate of drug-likeness (QED) is 0.783. The third kappa shape index (κ3) is 3.12. The Kier molecular flexibility index (Phi) is 4.11. The molecule has 0 spiro atoms. The van der Waals surface area contributed by atoms with Gasteiger partial charge in [-0.2, -0.15) is 5.10 Å². The van der Waals surface area contributed by atoms with Crippen LogP contribution in [-0.2, 0) is 13.6 Å². The van der Waals surface area contributed by atoms with Crippen LogP contribution in [0.25, 0.3) is 10.6 Å². The standard InChI is InChI=1S/C16H18N4OS/c1-11-15(14-8-9-20(2)19-14)22-16(18-11)17-10-12-4-6-13(21-3)7-5-12/h4-9H,10H2,1-3H3,(H,17,18). The van der Waals surface area contributed by atoms with Crippen LogP contribution in [-0.4, -0.2) is 21.9 Å². The number of anilines is 1. The largest absolute Gasteiger partial charge is 0.497 e. The number of nitrogens with zero attached hydrogens (tertiary/aromatic N) is 3. The molecule has 0 amide bonds. The molecular formula is C16H18N4OS. The summed E-state index contributed by atoms with van der Waals surface area (Å²) in [5.41, 5.74) is 3.16. The average Bonchev–Trinajstić information content (AvgIpc) is 3.11. The average molecular weight is 314 g/mol. The van der Waals surface area contributed by atoms with Crippen LogP contribution in [0.15, 0.2) is 36.5 Å². The molecule has 0 aliphatic heterocycles. The van der Waals surface area contributed by atoms with Gasteiger partial charge in [-0.3, -0.25) is 4.68 Å². The Hall–Kier alpha value is -2.34. The summed E-state index contributed by atoms with van der Waals surface area (Å²) in [6.07, 6.45) is 1.94. The van der Waals surface area contributed by atoms with E-state index in [1.54, 1.807) is 23.1 Å². The van der Waals surface area contributed by atoms with Crippen molar-refractivity contribution >= 4 is 16.5 Å². The van der Waals surface area contributed by atoms with Crippen molar-refractivity contribution in [3.05, 3.63) is 47.8 Å². The van der Waals surface area contributed by atoms with Gasteiger partial charge in [0.15, 0.2) is 5.13 Å². The zero-order chi connectivity index (χ0) is 15.5.